The van der Waals surface area contributed by atoms with Crippen molar-refractivity contribution in [1.82, 2.24) is 13.9 Å². The van der Waals surface area contributed by atoms with Gasteiger partial charge in [0.1, 0.15) is 5.82 Å². The zero-order valence-electron chi connectivity index (χ0n) is 12.7. The molecule has 1 aliphatic heterocycles. The SMILES string of the molecule is Cn1cnc(S(=O)(=O)N2CCO[C@H](Cc3cccc(F)c3)C2)c1. The summed E-state index contributed by atoms with van der Waals surface area (Å²) in [6.45, 7) is 0.833. The summed E-state index contributed by atoms with van der Waals surface area (Å²) in [7, 11) is -1.91. The monoisotopic (exact) mass is 339 g/mol. The number of hydrogen-bond acceptors (Lipinski definition) is 4. The van der Waals surface area contributed by atoms with Crippen LogP contribution in [0.25, 0.3) is 0 Å². The van der Waals surface area contributed by atoms with Crippen LogP contribution in [0, 0.1) is 5.82 Å². The molecule has 124 valence electrons. The van der Waals surface area contributed by atoms with Gasteiger partial charge < -0.3 is 9.30 Å². The lowest BCUT2D eigenvalue weighted by molar-refractivity contribution is -0.000584. The summed E-state index contributed by atoms with van der Waals surface area (Å²) in [5.41, 5.74) is 0.784. The molecular weight excluding hydrogens is 321 g/mol. The van der Waals surface area contributed by atoms with E-state index in [1.807, 2.05) is 0 Å². The molecule has 6 nitrogen and oxygen atoms in total. The molecule has 0 amide bonds. The van der Waals surface area contributed by atoms with Gasteiger partial charge in [0.05, 0.1) is 19.0 Å². The molecular formula is C15H18FN3O3S. The maximum absolute atomic E-state index is 13.3. The van der Waals surface area contributed by atoms with Crippen LogP contribution in [0.15, 0.2) is 41.8 Å². The van der Waals surface area contributed by atoms with E-state index in [-0.39, 0.29) is 23.5 Å². The Kier molecular flexibility index (Phi) is 4.47. The number of nitrogens with zero attached hydrogens (tertiary/aromatic N) is 3. The standard InChI is InChI=1S/C15H18FN3O3S/c1-18-10-15(17-11-18)23(20,21)19-5-6-22-14(9-19)8-12-3-2-4-13(16)7-12/h2-4,7,10-11,14H,5-6,8-9H2,1H3/t14-/m1/s1. The predicted molar refractivity (Wildman–Crippen MR) is 81.8 cm³/mol. The van der Waals surface area contributed by atoms with E-state index in [0.29, 0.717) is 19.6 Å². The summed E-state index contributed by atoms with van der Waals surface area (Å²) in [5, 5.41) is 0.0337. The molecule has 0 radical (unpaired) electrons. The number of imidazole rings is 1. The third-order valence-electron chi connectivity index (χ3n) is 3.74. The minimum atomic E-state index is -3.63. The van der Waals surface area contributed by atoms with Crippen LogP contribution in [-0.2, 0) is 28.2 Å². The van der Waals surface area contributed by atoms with Crippen LogP contribution in [0.3, 0.4) is 0 Å². The summed E-state index contributed by atoms with van der Waals surface area (Å²) < 4.78 is 47.0. The molecule has 0 aliphatic carbocycles. The highest BCUT2D eigenvalue weighted by Gasteiger charge is 2.32. The number of hydrogen-bond donors (Lipinski definition) is 0. The Labute approximate surface area is 134 Å². The van der Waals surface area contributed by atoms with Gasteiger partial charge in [0.2, 0.25) is 0 Å². The van der Waals surface area contributed by atoms with Gasteiger partial charge in [0.15, 0.2) is 5.03 Å². The number of ether oxygens (including phenoxy) is 1. The lowest BCUT2D eigenvalue weighted by Gasteiger charge is -2.31. The van der Waals surface area contributed by atoms with E-state index in [1.165, 1.54) is 29.0 Å². The zero-order valence-corrected chi connectivity index (χ0v) is 13.5. The molecule has 2 aromatic rings. The average molecular weight is 339 g/mol. The Morgan fingerprint density at radius 3 is 2.96 bits per heavy atom. The molecule has 1 atom stereocenters. The largest absolute Gasteiger partial charge is 0.375 e. The van der Waals surface area contributed by atoms with Gasteiger partial charge in [0.25, 0.3) is 10.0 Å². The fourth-order valence-electron chi connectivity index (χ4n) is 2.62. The van der Waals surface area contributed by atoms with E-state index >= 15 is 0 Å². The van der Waals surface area contributed by atoms with E-state index in [4.69, 9.17) is 4.74 Å². The lowest BCUT2D eigenvalue weighted by atomic mass is 10.1. The lowest BCUT2D eigenvalue weighted by Crippen LogP contribution is -2.46. The van der Waals surface area contributed by atoms with E-state index in [0.717, 1.165) is 5.56 Å². The number of aryl methyl sites for hydroxylation is 1. The third-order valence-corrected chi connectivity index (χ3v) is 5.49. The van der Waals surface area contributed by atoms with Gasteiger partial charge in [-0.25, -0.2) is 17.8 Å². The summed E-state index contributed by atoms with van der Waals surface area (Å²) in [4.78, 5) is 3.93. The number of rotatable bonds is 4. The number of morpholine rings is 1. The molecule has 3 rings (SSSR count). The third kappa shape index (κ3) is 3.60. The van der Waals surface area contributed by atoms with Gasteiger partial charge >= 0.3 is 0 Å². The van der Waals surface area contributed by atoms with Crippen molar-refractivity contribution in [3.05, 3.63) is 48.2 Å². The normalized spacial score (nSPS) is 19.8. The van der Waals surface area contributed by atoms with Crippen LogP contribution < -0.4 is 0 Å². The number of sulfonamides is 1. The smallest absolute Gasteiger partial charge is 0.262 e. The minimum Gasteiger partial charge on any atom is -0.375 e. The fraction of sp³-hybridized carbons (Fsp3) is 0.400. The molecule has 0 unspecified atom stereocenters. The fourth-order valence-corrected chi connectivity index (χ4v) is 4.04. The van der Waals surface area contributed by atoms with Crippen LogP contribution in [-0.4, -0.2) is 48.1 Å². The molecule has 0 bridgehead atoms. The molecule has 8 heteroatoms. The second-order valence-electron chi connectivity index (χ2n) is 5.57. The predicted octanol–water partition coefficient (Wildman–Crippen LogP) is 1.19. The maximum atomic E-state index is 13.3. The molecule has 0 N–H and O–H groups in total. The number of halogens is 1. The van der Waals surface area contributed by atoms with Crippen molar-refractivity contribution in [2.24, 2.45) is 7.05 Å². The molecule has 1 aromatic carbocycles. The Morgan fingerprint density at radius 1 is 1.43 bits per heavy atom. The summed E-state index contributed by atoms with van der Waals surface area (Å²) in [5.74, 6) is -0.309. The summed E-state index contributed by atoms with van der Waals surface area (Å²) in [6.07, 6.45) is 3.10. The Hall–Kier alpha value is -1.77. The molecule has 1 aromatic heterocycles. The summed E-state index contributed by atoms with van der Waals surface area (Å²) in [6, 6.07) is 6.26. The van der Waals surface area contributed by atoms with Gasteiger partial charge in [-0.1, -0.05) is 12.1 Å². The number of benzene rings is 1. The second kappa shape index (κ2) is 6.38. The molecule has 0 spiro atoms. The van der Waals surface area contributed by atoms with Crippen molar-refractivity contribution in [3.8, 4) is 0 Å². The van der Waals surface area contributed by atoms with Crippen molar-refractivity contribution in [2.75, 3.05) is 19.7 Å². The van der Waals surface area contributed by atoms with Crippen LogP contribution in [0.1, 0.15) is 5.56 Å². The van der Waals surface area contributed by atoms with E-state index in [2.05, 4.69) is 4.98 Å². The Balaban J connectivity index is 1.73. The van der Waals surface area contributed by atoms with Gasteiger partial charge in [-0.05, 0) is 17.7 Å². The highest BCUT2D eigenvalue weighted by Crippen LogP contribution is 2.19. The maximum Gasteiger partial charge on any atom is 0.262 e. The molecule has 23 heavy (non-hydrogen) atoms. The minimum absolute atomic E-state index is 0.0337. The highest BCUT2D eigenvalue weighted by atomic mass is 32.2. The van der Waals surface area contributed by atoms with Crippen molar-refractivity contribution in [2.45, 2.75) is 17.6 Å². The first-order valence-electron chi connectivity index (χ1n) is 7.29. The van der Waals surface area contributed by atoms with Gasteiger partial charge in [-0.15, -0.1) is 0 Å². The number of aromatic nitrogens is 2. The van der Waals surface area contributed by atoms with Crippen LogP contribution in [0.4, 0.5) is 4.39 Å². The molecule has 0 saturated carbocycles. The molecule has 1 saturated heterocycles. The van der Waals surface area contributed by atoms with Crippen molar-refractivity contribution in [3.63, 3.8) is 0 Å². The van der Waals surface area contributed by atoms with E-state index in [1.54, 1.807) is 23.7 Å². The second-order valence-corrected chi connectivity index (χ2v) is 7.45. The molecule has 1 fully saturated rings. The first-order valence-corrected chi connectivity index (χ1v) is 8.73. The van der Waals surface area contributed by atoms with Crippen LogP contribution >= 0.6 is 0 Å². The van der Waals surface area contributed by atoms with Crippen LogP contribution in [0.5, 0.6) is 0 Å². The van der Waals surface area contributed by atoms with Crippen molar-refractivity contribution in [1.29, 1.82) is 0 Å². The van der Waals surface area contributed by atoms with Crippen LogP contribution in [0.2, 0.25) is 0 Å². The van der Waals surface area contributed by atoms with E-state index < -0.39 is 10.0 Å². The average Bonchev–Trinajstić information content (AvgIpc) is 2.95. The quantitative estimate of drug-likeness (QED) is 0.839. The van der Waals surface area contributed by atoms with E-state index in [9.17, 15) is 12.8 Å². The molecule has 1 aliphatic rings. The van der Waals surface area contributed by atoms with Crippen molar-refractivity contribution < 1.29 is 17.5 Å². The first-order chi connectivity index (χ1) is 10.9. The summed E-state index contributed by atoms with van der Waals surface area (Å²) >= 11 is 0. The van der Waals surface area contributed by atoms with Gasteiger partial charge in [-0.2, -0.15) is 4.31 Å². The molecule has 2 heterocycles. The zero-order chi connectivity index (χ0) is 16.4. The van der Waals surface area contributed by atoms with Gasteiger partial charge in [-0.3, -0.25) is 0 Å². The van der Waals surface area contributed by atoms with Gasteiger partial charge in [0, 0.05) is 32.8 Å². The Morgan fingerprint density at radius 2 is 2.26 bits per heavy atom. The Bertz CT molecular complexity index is 791. The highest BCUT2D eigenvalue weighted by molar-refractivity contribution is 7.89. The first kappa shape index (κ1) is 16.1. The topological polar surface area (TPSA) is 64.4 Å². The van der Waals surface area contributed by atoms with Crippen molar-refractivity contribution >= 4 is 10.0 Å².